The van der Waals surface area contributed by atoms with Gasteiger partial charge in [0.15, 0.2) is 0 Å². The van der Waals surface area contributed by atoms with Crippen LogP contribution >= 0.6 is 0 Å². The fourth-order valence-corrected chi connectivity index (χ4v) is 14.9. The van der Waals surface area contributed by atoms with Crippen molar-refractivity contribution in [1.29, 1.82) is 0 Å². The highest BCUT2D eigenvalue weighted by Crippen LogP contribution is 2.34. The van der Waals surface area contributed by atoms with Crippen molar-refractivity contribution in [2.24, 2.45) is 0 Å². The van der Waals surface area contributed by atoms with Crippen LogP contribution in [-0.4, -0.2) is 26.1 Å². The van der Waals surface area contributed by atoms with Gasteiger partial charge in [0.1, 0.15) is 5.82 Å². The molecule has 1 rings (SSSR count). The van der Waals surface area contributed by atoms with Gasteiger partial charge < -0.3 is 0 Å². The fraction of sp³-hybridized carbons (Fsp3) is 0.667. The van der Waals surface area contributed by atoms with Gasteiger partial charge >= 0.3 is 6.18 Å². The zero-order chi connectivity index (χ0) is 15.1. The van der Waals surface area contributed by atoms with Crippen LogP contribution in [-0.2, 0) is 6.18 Å². The quantitative estimate of drug-likeness (QED) is 0.777. The van der Waals surface area contributed by atoms with E-state index in [9.17, 15) is 13.2 Å². The lowest BCUT2D eigenvalue weighted by Gasteiger charge is -2.37. The Hall–Kier alpha value is -0.696. The predicted molar refractivity (Wildman–Crippen MR) is 76.5 cm³/mol. The standard InChI is InChI=1S/C12H21F3N2Si2/c1-18(2,3)11(19(4,5)6)10-16-7-9(8-17-10)12(13,14)15/h7-8,11H,1-6H3. The molecule has 0 saturated heterocycles. The van der Waals surface area contributed by atoms with Crippen molar-refractivity contribution < 1.29 is 13.2 Å². The molecule has 0 amide bonds. The van der Waals surface area contributed by atoms with Crippen molar-refractivity contribution in [2.75, 3.05) is 0 Å². The molecule has 0 aliphatic rings. The molecule has 0 radical (unpaired) electrons. The molecule has 0 unspecified atom stereocenters. The Morgan fingerprint density at radius 1 is 0.895 bits per heavy atom. The normalized spacial score (nSPS) is 14.0. The van der Waals surface area contributed by atoms with Crippen LogP contribution in [0.25, 0.3) is 0 Å². The van der Waals surface area contributed by atoms with E-state index in [-0.39, 0.29) is 5.16 Å². The van der Waals surface area contributed by atoms with E-state index in [1.54, 1.807) is 0 Å². The van der Waals surface area contributed by atoms with Crippen LogP contribution in [0.3, 0.4) is 0 Å². The lowest BCUT2D eigenvalue weighted by molar-refractivity contribution is -0.138. The number of hydrogen-bond acceptors (Lipinski definition) is 2. The maximum atomic E-state index is 12.5. The van der Waals surface area contributed by atoms with E-state index < -0.39 is 27.9 Å². The second-order valence-corrected chi connectivity index (χ2v) is 18.2. The van der Waals surface area contributed by atoms with Gasteiger partial charge in [-0.15, -0.1) is 0 Å². The van der Waals surface area contributed by atoms with Crippen LogP contribution in [0.2, 0.25) is 39.3 Å². The molecule has 108 valence electrons. The van der Waals surface area contributed by atoms with E-state index in [0.29, 0.717) is 5.82 Å². The zero-order valence-corrected chi connectivity index (χ0v) is 14.3. The molecule has 0 atom stereocenters. The average Bonchev–Trinajstić information content (AvgIpc) is 2.12. The van der Waals surface area contributed by atoms with Gasteiger partial charge in [-0.25, -0.2) is 9.97 Å². The Labute approximate surface area is 114 Å². The van der Waals surface area contributed by atoms with Crippen LogP contribution in [0.15, 0.2) is 12.4 Å². The van der Waals surface area contributed by atoms with E-state index in [1.807, 2.05) is 0 Å². The molecule has 1 aromatic heterocycles. The third kappa shape index (κ3) is 4.14. The van der Waals surface area contributed by atoms with Gasteiger partial charge in [-0.3, -0.25) is 0 Å². The van der Waals surface area contributed by atoms with Crippen molar-refractivity contribution in [3.63, 3.8) is 0 Å². The summed E-state index contributed by atoms with van der Waals surface area (Å²) in [5.74, 6) is 0.589. The monoisotopic (exact) mass is 306 g/mol. The van der Waals surface area contributed by atoms with Crippen LogP contribution in [0.5, 0.6) is 0 Å². The van der Waals surface area contributed by atoms with Gasteiger partial charge in [0.2, 0.25) is 0 Å². The fourth-order valence-electron chi connectivity index (χ4n) is 2.71. The molecule has 0 fully saturated rings. The summed E-state index contributed by atoms with van der Waals surface area (Å²) < 4.78 is 37.6. The number of nitrogens with zero attached hydrogens (tertiary/aromatic N) is 2. The number of hydrogen-bond donors (Lipinski definition) is 0. The van der Waals surface area contributed by atoms with Gasteiger partial charge in [0.05, 0.1) is 21.7 Å². The molecule has 1 heterocycles. The van der Waals surface area contributed by atoms with Crippen LogP contribution < -0.4 is 0 Å². The van der Waals surface area contributed by atoms with Crippen molar-refractivity contribution in [1.82, 2.24) is 9.97 Å². The van der Waals surface area contributed by atoms with E-state index >= 15 is 0 Å². The molecule has 0 aliphatic heterocycles. The second kappa shape index (κ2) is 5.01. The summed E-state index contributed by atoms with van der Waals surface area (Å²) >= 11 is 0. The summed E-state index contributed by atoms with van der Waals surface area (Å²) in [4.78, 5) is 8.03. The molecule has 0 N–H and O–H groups in total. The van der Waals surface area contributed by atoms with Gasteiger partial charge in [0, 0.05) is 17.6 Å². The first-order valence-corrected chi connectivity index (χ1v) is 13.4. The van der Waals surface area contributed by atoms with Crippen molar-refractivity contribution in [2.45, 2.75) is 50.6 Å². The molecule has 0 bridgehead atoms. The third-order valence-electron chi connectivity index (χ3n) is 2.99. The minimum atomic E-state index is -4.37. The molecule has 0 aromatic carbocycles. The summed E-state index contributed by atoms with van der Waals surface area (Å²) in [5, 5.41) is 0.252. The smallest absolute Gasteiger partial charge is 0.241 e. The molecule has 1 aromatic rings. The Kier molecular flexibility index (Phi) is 4.31. The Morgan fingerprint density at radius 3 is 1.53 bits per heavy atom. The van der Waals surface area contributed by atoms with Gasteiger partial charge in [0.25, 0.3) is 0 Å². The minimum absolute atomic E-state index is 0.252. The largest absolute Gasteiger partial charge is 0.419 e. The highest BCUT2D eigenvalue weighted by atomic mass is 28.4. The number of aromatic nitrogens is 2. The minimum Gasteiger partial charge on any atom is -0.241 e. The first-order valence-electron chi connectivity index (χ1n) is 6.22. The van der Waals surface area contributed by atoms with Crippen LogP contribution in [0.4, 0.5) is 13.2 Å². The summed E-state index contributed by atoms with van der Waals surface area (Å²) in [6, 6.07) is 0. The van der Waals surface area contributed by atoms with Crippen molar-refractivity contribution in [3.8, 4) is 0 Å². The Balaban J connectivity index is 3.20. The van der Waals surface area contributed by atoms with Crippen molar-refractivity contribution >= 4 is 16.1 Å². The van der Waals surface area contributed by atoms with Crippen LogP contribution in [0.1, 0.15) is 16.6 Å². The van der Waals surface area contributed by atoms with Crippen LogP contribution in [0, 0.1) is 0 Å². The molecule has 2 nitrogen and oxygen atoms in total. The summed E-state index contributed by atoms with van der Waals surface area (Å²) in [7, 11) is -3.14. The number of alkyl halides is 3. The van der Waals surface area contributed by atoms with E-state index in [4.69, 9.17) is 0 Å². The van der Waals surface area contributed by atoms with Gasteiger partial charge in [-0.1, -0.05) is 39.3 Å². The van der Waals surface area contributed by atoms with Gasteiger partial charge in [-0.2, -0.15) is 13.2 Å². The molecule has 0 spiro atoms. The average molecular weight is 306 g/mol. The molecular weight excluding hydrogens is 285 g/mol. The molecule has 0 aliphatic carbocycles. The maximum absolute atomic E-state index is 12.5. The van der Waals surface area contributed by atoms with E-state index in [0.717, 1.165) is 12.4 Å². The highest BCUT2D eigenvalue weighted by Gasteiger charge is 2.41. The Bertz CT molecular complexity index is 416. The molecular formula is C12H21F3N2Si2. The summed E-state index contributed by atoms with van der Waals surface area (Å²) in [6.07, 6.45) is -2.54. The molecule has 0 saturated carbocycles. The SMILES string of the molecule is C[Si](C)(C)C(c1ncc(C(F)(F)F)cn1)[Si](C)(C)C. The topological polar surface area (TPSA) is 25.8 Å². The predicted octanol–water partition coefficient (Wildman–Crippen LogP) is 4.33. The zero-order valence-electron chi connectivity index (χ0n) is 12.3. The summed E-state index contributed by atoms with van der Waals surface area (Å²) in [6.45, 7) is 13.3. The second-order valence-electron chi connectivity index (χ2n) is 6.99. The van der Waals surface area contributed by atoms with Crippen molar-refractivity contribution in [3.05, 3.63) is 23.8 Å². The number of halogens is 3. The van der Waals surface area contributed by atoms with Gasteiger partial charge in [-0.05, 0) is 0 Å². The molecule has 19 heavy (non-hydrogen) atoms. The number of rotatable bonds is 3. The first kappa shape index (κ1) is 16.4. The third-order valence-corrected chi connectivity index (χ3v) is 12.2. The lowest BCUT2D eigenvalue weighted by atomic mass is 10.3. The maximum Gasteiger partial charge on any atom is 0.419 e. The molecule has 7 heteroatoms. The van der Waals surface area contributed by atoms with E-state index in [1.165, 1.54) is 0 Å². The first-order chi connectivity index (χ1) is 8.33. The lowest BCUT2D eigenvalue weighted by Crippen LogP contribution is -2.47. The Morgan fingerprint density at radius 2 is 1.26 bits per heavy atom. The highest BCUT2D eigenvalue weighted by molar-refractivity contribution is 6.96. The van der Waals surface area contributed by atoms with E-state index in [2.05, 4.69) is 49.3 Å². The summed E-state index contributed by atoms with van der Waals surface area (Å²) in [5.41, 5.74) is -0.777.